The van der Waals surface area contributed by atoms with Crippen molar-refractivity contribution in [1.29, 1.82) is 0 Å². The SMILES string of the molecule is CCCSc1nnc2c(n1)O[C@H](c1ccc(OC(C)=O)cc1OC(C)=O)N(C(C)=O)c1ccccc1-2. The number of aromatic nitrogens is 3. The predicted octanol–water partition coefficient (Wildman–Crippen LogP) is 4.34. The number of nitrogens with zero attached hydrogens (tertiary/aromatic N) is 4. The first-order valence-corrected chi connectivity index (χ1v) is 12.2. The lowest BCUT2D eigenvalue weighted by molar-refractivity contribution is -0.132. The molecule has 0 aliphatic carbocycles. The summed E-state index contributed by atoms with van der Waals surface area (Å²) in [5.74, 6) is -0.227. The van der Waals surface area contributed by atoms with E-state index < -0.39 is 18.2 Å². The topological polar surface area (TPSA) is 121 Å². The molecule has 0 saturated heterocycles. The maximum Gasteiger partial charge on any atom is 0.308 e. The Labute approximate surface area is 212 Å². The molecule has 0 fully saturated rings. The molecule has 1 aromatic heterocycles. The second-order valence-corrected chi connectivity index (χ2v) is 8.92. The summed E-state index contributed by atoms with van der Waals surface area (Å²) in [5, 5.41) is 9.05. The molecule has 1 atom stereocenters. The number of hydrogen-bond acceptors (Lipinski definition) is 10. The van der Waals surface area contributed by atoms with Gasteiger partial charge in [0.15, 0.2) is 5.69 Å². The lowest BCUT2D eigenvalue weighted by Gasteiger charge is -2.30. The van der Waals surface area contributed by atoms with E-state index >= 15 is 0 Å². The zero-order valence-electron chi connectivity index (χ0n) is 20.2. The number of esters is 2. The molecular formula is C25H24N4O6S. The van der Waals surface area contributed by atoms with Gasteiger partial charge in [0.05, 0.1) is 11.3 Å². The van der Waals surface area contributed by atoms with Crippen molar-refractivity contribution in [2.75, 3.05) is 10.7 Å². The molecule has 36 heavy (non-hydrogen) atoms. The van der Waals surface area contributed by atoms with Gasteiger partial charge >= 0.3 is 11.9 Å². The number of para-hydroxylation sites is 1. The Balaban J connectivity index is 1.92. The van der Waals surface area contributed by atoms with E-state index in [1.54, 1.807) is 18.2 Å². The first-order chi connectivity index (χ1) is 17.3. The molecule has 0 unspecified atom stereocenters. The van der Waals surface area contributed by atoms with Gasteiger partial charge in [-0.05, 0) is 24.6 Å². The summed E-state index contributed by atoms with van der Waals surface area (Å²) < 4.78 is 16.9. The quantitative estimate of drug-likeness (QED) is 0.270. The third-order valence-corrected chi connectivity index (χ3v) is 6.10. The van der Waals surface area contributed by atoms with E-state index in [-0.39, 0.29) is 23.3 Å². The number of amides is 1. The molecule has 2 aromatic carbocycles. The number of benzene rings is 2. The summed E-state index contributed by atoms with van der Waals surface area (Å²) in [5.41, 5.74) is 1.87. The van der Waals surface area contributed by atoms with Crippen LogP contribution < -0.4 is 19.1 Å². The Morgan fingerprint density at radius 1 is 1.03 bits per heavy atom. The molecular weight excluding hydrogens is 484 g/mol. The molecule has 1 aliphatic rings. The van der Waals surface area contributed by atoms with E-state index in [0.29, 0.717) is 27.7 Å². The van der Waals surface area contributed by atoms with Gasteiger partial charge in [0, 0.05) is 38.2 Å². The minimum absolute atomic E-state index is 0.0704. The molecule has 0 bridgehead atoms. The van der Waals surface area contributed by atoms with E-state index in [1.165, 1.54) is 49.6 Å². The maximum absolute atomic E-state index is 13.0. The highest BCUT2D eigenvalue weighted by Crippen LogP contribution is 2.45. The van der Waals surface area contributed by atoms with Crippen LogP contribution in [0.5, 0.6) is 17.4 Å². The Kier molecular flexibility index (Phi) is 7.49. The van der Waals surface area contributed by atoms with Crippen molar-refractivity contribution < 1.29 is 28.6 Å². The van der Waals surface area contributed by atoms with E-state index in [4.69, 9.17) is 14.2 Å². The first-order valence-electron chi connectivity index (χ1n) is 11.2. The molecule has 1 amide bonds. The van der Waals surface area contributed by atoms with Crippen molar-refractivity contribution in [3.8, 4) is 28.6 Å². The minimum Gasteiger partial charge on any atom is -0.447 e. The van der Waals surface area contributed by atoms with Gasteiger partial charge in [-0.2, -0.15) is 4.98 Å². The van der Waals surface area contributed by atoms with E-state index in [9.17, 15) is 14.4 Å². The number of anilines is 1. The van der Waals surface area contributed by atoms with E-state index in [2.05, 4.69) is 15.2 Å². The van der Waals surface area contributed by atoms with Crippen LogP contribution in [-0.4, -0.2) is 38.8 Å². The summed E-state index contributed by atoms with van der Waals surface area (Å²) in [4.78, 5) is 42.4. The Morgan fingerprint density at radius 2 is 1.78 bits per heavy atom. The van der Waals surface area contributed by atoms with Gasteiger partial charge < -0.3 is 14.2 Å². The summed E-state index contributed by atoms with van der Waals surface area (Å²) in [6.45, 7) is 5.97. The molecule has 4 rings (SSSR count). The zero-order chi connectivity index (χ0) is 25.8. The van der Waals surface area contributed by atoms with Gasteiger partial charge in [0.1, 0.15) is 11.5 Å². The summed E-state index contributed by atoms with van der Waals surface area (Å²) in [6, 6.07) is 11.7. The maximum atomic E-state index is 13.0. The second-order valence-electron chi connectivity index (χ2n) is 7.86. The van der Waals surface area contributed by atoms with Gasteiger partial charge in [-0.3, -0.25) is 19.3 Å². The number of thioether (sulfide) groups is 1. The van der Waals surface area contributed by atoms with Crippen LogP contribution >= 0.6 is 11.8 Å². The fourth-order valence-corrected chi connectivity index (χ4v) is 4.33. The molecule has 0 saturated carbocycles. The minimum atomic E-state index is -1.08. The smallest absolute Gasteiger partial charge is 0.308 e. The predicted molar refractivity (Wildman–Crippen MR) is 132 cm³/mol. The fourth-order valence-electron chi connectivity index (χ4n) is 3.70. The second kappa shape index (κ2) is 10.7. The summed E-state index contributed by atoms with van der Waals surface area (Å²) in [7, 11) is 0. The lowest BCUT2D eigenvalue weighted by Crippen LogP contribution is -2.36. The highest BCUT2D eigenvalue weighted by Gasteiger charge is 2.36. The molecule has 186 valence electrons. The summed E-state index contributed by atoms with van der Waals surface area (Å²) in [6.07, 6.45) is -0.151. The molecule has 2 heterocycles. The van der Waals surface area contributed by atoms with Crippen LogP contribution in [0.3, 0.4) is 0 Å². The van der Waals surface area contributed by atoms with Crippen molar-refractivity contribution in [2.45, 2.75) is 45.5 Å². The normalized spacial score (nSPS) is 14.1. The van der Waals surface area contributed by atoms with Gasteiger partial charge in [-0.1, -0.05) is 36.9 Å². The van der Waals surface area contributed by atoms with Gasteiger partial charge in [-0.15, -0.1) is 10.2 Å². The van der Waals surface area contributed by atoms with Gasteiger partial charge in [-0.25, -0.2) is 0 Å². The molecule has 0 N–H and O–H groups in total. The average molecular weight is 509 g/mol. The number of carbonyl (C=O) groups is 3. The van der Waals surface area contributed by atoms with Gasteiger partial charge in [0.2, 0.25) is 23.2 Å². The van der Waals surface area contributed by atoms with Crippen molar-refractivity contribution in [1.82, 2.24) is 15.2 Å². The largest absolute Gasteiger partial charge is 0.447 e. The Hall–Kier alpha value is -3.99. The highest BCUT2D eigenvalue weighted by molar-refractivity contribution is 7.99. The van der Waals surface area contributed by atoms with Crippen LogP contribution in [0.4, 0.5) is 5.69 Å². The Bertz CT molecular complexity index is 1330. The molecule has 0 spiro atoms. The van der Waals surface area contributed by atoms with E-state index in [0.717, 1.165) is 12.2 Å². The zero-order valence-corrected chi connectivity index (χ0v) is 21.0. The monoisotopic (exact) mass is 508 g/mol. The molecule has 3 aromatic rings. The molecule has 10 nitrogen and oxygen atoms in total. The lowest BCUT2D eigenvalue weighted by atomic mass is 10.1. The van der Waals surface area contributed by atoms with Crippen LogP contribution in [0.1, 0.15) is 45.9 Å². The molecule has 1 aliphatic heterocycles. The van der Waals surface area contributed by atoms with Crippen molar-refractivity contribution >= 4 is 35.3 Å². The van der Waals surface area contributed by atoms with Crippen LogP contribution in [0.25, 0.3) is 11.3 Å². The van der Waals surface area contributed by atoms with Crippen LogP contribution in [0, 0.1) is 0 Å². The number of carbonyl (C=O) groups excluding carboxylic acids is 3. The van der Waals surface area contributed by atoms with Gasteiger partial charge in [0.25, 0.3) is 0 Å². The van der Waals surface area contributed by atoms with Crippen molar-refractivity contribution in [3.05, 3.63) is 48.0 Å². The molecule has 0 radical (unpaired) electrons. The third-order valence-electron chi connectivity index (χ3n) is 5.05. The van der Waals surface area contributed by atoms with Crippen molar-refractivity contribution in [2.24, 2.45) is 0 Å². The highest BCUT2D eigenvalue weighted by atomic mass is 32.2. The number of ether oxygens (including phenoxy) is 3. The Morgan fingerprint density at radius 3 is 2.47 bits per heavy atom. The number of rotatable bonds is 6. The molecule has 11 heteroatoms. The van der Waals surface area contributed by atoms with Crippen LogP contribution in [0.15, 0.2) is 47.6 Å². The van der Waals surface area contributed by atoms with Crippen LogP contribution in [-0.2, 0) is 14.4 Å². The summed E-state index contributed by atoms with van der Waals surface area (Å²) >= 11 is 1.44. The number of fused-ring (bicyclic) bond motifs is 3. The fraction of sp³-hybridized carbons (Fsp3) is 0.280. The number of hydrogen-bond donors (Lipinski definition) is 0. The standard InChI is InChI=1S/C25H24N4O6S/c1-5-12-36-25-26-23-22(27-28-25)18-8-6-7-9-20(18)29(14(2)30)24(35-23)19-11-10-17(33-15(3)31)13-21(19)34-16(4)32/h6-11,13,24H,5,12H2,1-4H3/t24-/m1/s1. The van der Waals surface area contributed by atoms with Crippen molar-refractivity contribution in [3.63, 3.8) is 0 Å². The third kappa shape index (κ3) is 5.30. The van der Waals surface area contributed by atoms with Crippen LogP contribution in [0.2, 0.25) is 0 Å². The average Bonchev–Trinajstić information content (AvgIpc) is 2.96. The first kappa shape index (κ1) is 25.1. The van der Waals surface area contributed by atoms with E-state index in [1.807, 2.05) is 19.1 Å².